The van der Waals surface area contributed by atoms with Gasteiger partial charge in [-0.05, 0) is 44.4 Å². The van der Waals surface area contributed by atoms with Crippen molar-refractivity contribution in [2.75, 3.05) is 13.7 Å². The Balaban J connectivity index is 1.70. The molecule has 156 valence electrons. The number of methoxy groups -OCH3 is 1. The van der Waals surface area contributed by atoms with Crippen molar-refractivity contribution in [1.82, 2.24) is 15.2 Å². The third kappa shape index (κ3) is 4.42. The van der Waals surface area contributed by atoms with Crippen molar-refractivity contribution in [2.24, 2.45) is 18.7 Å². The van der Waals surface area contributed by atoms with Gasteiger partial charge in [0.1, 0.15) is 11.7 Å². The second-order valence-corrected chi connectivity index (χ2v) is 7.43. The van der Waals surface area contributed by atoms with Crippen molar-refractivity contribution in [3.8, 4) is 0 Å². The molecule has 1 aliphatic rings. The molecule has 2 amide bonds. The highest BCUT2D eigenvalue weighted by molar-refractivity contribution is 6.00. The normalized spacial score (nSPS) is 19.3. The fourth-order valence-corrected chi connectivity index (χ4v) is 3.72. The molecule has 0 aliphatic heterocycles. The summed E-state index contributed by atoms with van der Waals surface area (Å²) in [6.07, 6.45) is 2.42. The van der Waals surface area contributed by atoms with Gasteiger partial charge >= 0.3 is 5.97 Å². The summed E-state index contributed by atoms with van der Waals surface area (Å²) in [6.45, 7) is 0.419. The van der Waals surface area contributed by atoms with Gasteiger partial charge in [-0.25, -0.2) is 0 Å². The van der Waals surface area contributed by atoms with E-state index in [-0.39, 0.29) is 29.7 Å². The smallest absolute Gasteiger partial charge is 0.310 e. The highest BCUT2D eigenvalue weighted by atomic mass is 16.5. The Morgan fingerprint density at radius 3 is 2.66 bits per heavy atom. The van der Waals surface area contributed by atoms with Gasteiger partial charge in [0.15, 0.2) is 0 Å². The molecule has 2 unspecified atom stereocenters. The second kappa shape index (κ2) is 9.09. The number of amides is 2. The summed E-state index contributed by atoms with van der Waals surface area (Å²) in [5.74, 6) is -1.27. The molecule has 1 fully saturated rings. The molecule has 29 heavy (non-hydrogen) atoms. The third-order valence-corrected chi connectivity index (χ3v) is 5.61. The monoisotopic (exact) mass is 400 g/mol. The van der Waals surface area contributed by atoms with E-state index < -0.39 is 6.04 Å². The highest BCUT2D eigenvalue weighted by Gasteiger charge is 2.39. The molecule has 1 heterocycles. The zero-order chi connectivity index (χ0) is 21.0. The number of nitrogens with zero attached hydrogens (tertiary/aromatic N) is 1. The second-order valence-electron chi connectivity index (χ2n) is 7.43. The van der Waals surface area contributed by atoms with Gasteiger partial charge in [-0.3, -0.25) is 14.4 Å². The summed E-state index contributed by atoms with van der Waals surface area (Å²) in [4.78, 5) is 37.4. The maximum Gasteiger partial charge on any atom is 0.310 e. The Morgan fingerprint density at radius 2 is 2.03 bits per heavy atom. The van der Waals surface area contributed by atoms with Crippen molar-refractivity contribution < 1.29 is 19.1 Å². The average Bonchev–Trinajstić information content (AvgIpc) is 3.05. The van der Waals surface area contributed by atoms with Crippen LogP contribution in [-0.4, -0.2) is 48.1 Å². The van der Waals surface area contributed by atoms with E-state index in [2.05, 4.69) is 10.6 Å². The topological polar surface area (TPSA) is 115 Å². The average molecular weight is 400 g/mol. The van der Waals surface area contributed by atoms with E-state index in [9.17, 15) is 14.4 Å². The minimum atomic E-state index is -0.719. The van der Waals surface area contributed by atoms with Crippen LogP contribution < -0.4 is 16.4 Å². The van der Waals surface area contributed by atoms with Crippen LogP contribution in [0.25, 0.3) is 10.9 Å². The van der Waals surface area contributed by atoms with Crippen LogP contribution in [0.3, 0.4) is 0 Å². The van der Waals surface area contributed by atoms with Gasteiger partial charge in [-0.2, -0.15) is 0 Å². The number of benzene rings is 1. The van der Waals surface area contributed by atoms with E-state index in [0.29, 0.717) is 37.9 Å². The maximum absolute atomic E-state index is 12.9. The van der Waals surface area contributed by atoms with Crippen molar-refractivity contribution in [1.29, 1.82) is 0 Å². The number of carbonyl (C=O) groups is 3. The van der Waals surface area contributed by atoms with Gasteiger partial charge in [0.25, 0.3) is 5.91 Å². The SMILES string of the molecule is COC(=O)C1CCC1NC(=O)[C@H](CCCN)NC(=O)c1cc2ccccc2n1C. The first-order valence-electron chi connectivity index (χ1n) is 9.89. The Morgan fingerprint density at radius 1 is 1.28 bits per heavy atom. The molecule has 1 aliphatic carbocycles. The molecular weight excluding hydrogens is 372 g/mol. The molecule has 3 atom stereocenters. The molecule has 3 rings (SSSR count). The first kappa shape index (κ1) is 20.9. The summed E-state index contributed by atoms with van der Waals surface area (Å²) >= 11 is 0. The van der Waals surface area contributed by atoms with Crippen molar-refractivity contribution in [3.63, 3.8) is 0 Å². The van der Waals surface area contributed by atoms with Crippen molar-refractivity contribution in [2.45, 2.75) is 37.8 Å². The zero-order valence-corrected chi connectivity index (χ0v) is 16.8. The Kier molecular flexibility index (Phi) is 6.53. The number of esters is 1. The molecule has 1 saturated carbocycles. The summed E-state index contributed by atoms with van der Waals surface area (Å²) in [7, 11) is 3.16. The number of hydrogen-bond donors (Lipinski definition) is 3. The molecule has 1 aromatic carbocycles. The molecule has 4 N–H and O–H groups in total. The fraction of sp³-hybridized carbons (Fsp3) is 0.476. The molecule has 0 spiro atoms. The molecule has 8 nitrogen and oxygen atoms in total. The number of aryl methyl sites for hydroxylation is 1. The Labute approximate surface area is 169 Å². The first-order valence-corrected chi connectivity index (χ1v) is 9.89. The van der Waals surface area contributed by atoms with Gasteiger partial charge in [0, 0.05) is 24.0 Å². The summed E-state index contributed by atoms with van der Waals surface area (Å²) in [5, 5.41) is 6.68. The van der Waals surface area contributed by atoms with Crippen LogP contribution in [0, 0.1) is 5.92 Å². The Hall–Kier alpha value is -2.87. The largest absolute Gasteiger partial charge is 0.469 e. The quantitative estimate of drug-likeness (QED) is 0.574. The summed E-state index contributed by atoms with van der Waals surface area (Å²) in [5.41, 5.74) is 7.02. The zero-order valence-electron chi connectivity index (χ0n) is 16.8. The van der Waals surface area contributed by atoms with Crippen LogP contribution in [0.15, 0.2) is 30.3 Å². The van der Waals surface area contributed by atoms with Gasteiger partial charge in [0.05, 0.1) is 13.0 Å². The molecule has 0 saturated heterocycles. The van der Waals surface area contributed by atoms with E-state index in [1.165, 1.54) is 7.11 Å². The Bertz CT molecular complexity index is 907. The van der Waals surface area contributed by atoms with Crippen LogP contribution in [-0.2, 0) is 21.4 Å². The van der Waals surface area contributed by atoms with Gasteiger partial charge in [-0.15, -0.1) is 0 Å². The number of nitrogens with two attached hydrogens (primary N) is 1. The number of hydrogen-bond acceptors (Lipinski definition) is 5. The standard InChI is InChI=1S/C21H28N4O4/c1-25-17-8-4-3-6-13(17)12-18(25)20(27)24-16(7-5-11-22)19(26)23-15-10-9-14(15)21(28)29-2/h3-4,6,8,12,14-16H,5,7,9-11,22H2,1-2H3,(H,23,26)(H,24,27)/t14?,15?,16-/m0/s1. The minimum Gasteiger partial charge on any atom is -0.469 e. The van der Waals surface area contributed by atoms with Gasteiger partial charge in [-0.1, -0.05) is 18.2 Å². The number of carbonyl (C=O) groups excluding carboxylic acids is 3. The number of aromatic nitrogens is 1. The number of fused-ring (bicyclic) bond motifs is 1. The number of ether oxygens (including phenoxy) is 1. The lowest BCUT2D eigenvalue weighted by Gasteiger charge is -2.35. The molecular formula is C21H28N4O4. The predicted octanol–water partition coefficient (Wildman–Crippen LogP) is 1.08. The number of nitrogens with one attached hydrogen (secondary N) is 2. The van der Waals surface area contributed by atoms with E-state index in [1.807, 2.05) is 41.9 Å². The van der Waals surface area contributed by atoms with Crippen molar-refractivity contribution >= 4 is 28.7 Å². The van der Waals surface area contributed by atoms with Crippen molar-refractivity contribution in [3.05, 3.63) is 36.0 Å². The fourth-order valence-electron chi connectivity index (χ4n) is 3.72. The molecule has 2 aromatic rings. The molecule has 1 aromatic heterocycles. The number of para-hydroxylation sites is 1. The van der Waals surface area contributed by atoms with Crippen LogP contribution in [0.1, 0.15) is 36.2 Å². The first-order chi connectivity index (χ1) is 14.0. The van der Waals surface area contributed by atoms with Crippen LogP contribution >= 0.6 is 0 Å². The van der Waals surface area contributed by atoms with Crippen LogP contribution in [0.4, 0.5) is 0 Å². The van der Waals surface area contributed by atoms with E-state index >= 15 is 0 Å². The van der Waals surface area contributed by atoms with E-state index in [1.54, 1.807) is 0 Å². The summed E-state index contributed by atoms with van der Waals surface area (Å²) < 4.78 is 6.58. The predicted molar refractivity (Wildman–Crippen MR) is 109 cm³/mol. The van der Waals surface area contributed by atoms with Crippen LogP contribution in [0.5, 0.6) is 0 Å². The number of rotatable bonds is 8. The molecule has 0 bridgehead atoms. The lowest BCUT2D eigenvalue weighted by molar-refractivity contribution is -0.150. The summed E-state index contributed by atoms with van der Waals surface area (Å²) in [6, 6.07) is 8.54. The highest BCUT2D eigenvalue weighted by Crippen LogP contribution is 2.28. The lowest BCUT2D eigenvalue weighted by atomic mass is 9.79. The minimum absolute atomic E-state index is 0.259. The maximum atomic E-state index is 12.9. The van der Waals surface area contributed by atoms with E-state index in [4.69, 9.17) is 10.5 Å². The molecule has 0 radical (unpaired) electrons. The van der Waals surface area contributed by atoms with Gasteiger partial charge < -0.3 is 25.7 Å². The van der Waals surface area contributed by atoms with E-state index in [0.717, 1.165) is 10.9 Å². The lowest BCUT2D eigenvalue weighted by Crippen LogP contribution is -2.56. The van der Waals surface area contributed by atoms with Gasteiger partial charge in [0.2, 0.25) is 5.91 Å². The molecule has 8 heteroatoms. The third-order valence-electron chi connectivity index (χ3n) is 5.61. The van der Waals surface area contributed by atoms with Crippen LogP contribution in [0.2, 0.25) is 0 Å².